The molecule has 0 fully saturated rings. The average molecular weight is 1190 g/mol. The van der Waals surface area contributed by atoms with Crippen molar-refractivity contribution in [3.05, 3.63) is 61.8 Å². The predicted octanol–water partition coefficient (Wildman–Crippen LogP) is 5.09. The number of carboxylic acid groups (broad SMARTS) is 1. The summed E-state index contributed by atoms with van der Waals surface area (Å²) in [5.74, 6) is -2.53. The number of hydrogen-bond acceptors (Lipinski definition) is 13. The average Bonchev–Trinajstić information content (AvgIpc) is 3.35. The Morgan fingerprint density at radius 1 is 0.537 bits per heavy atom. The molecule has 0 aliphatic rings. The topological polar surface area (TPSA) is 245 Å². The Labute approximate surface area is 499 Å². The number of ether oxygens (including phenoxy) is 2. The number of Topliss-reactive ketones (excluding diaryl/α,β-unsaturated/α-hetero) is 1. The van der Waals surface area contributed by atoms with Gasteiger partial charge in [0.05, 0.1) is 132 Å². The van der Waals surface area contributed by atoms with E-state index in [2.05, 4.69) is 107 Å². The molecule has 0 radical (unpaired) electrons. The number of unbranched alkanes of at least 4 members (excludes halogenated alkanes) is 4. The molecule has 82 heavy (non-hydrogen) atoms. The number of aliphatic hydroxyl groups is 1. The molecule has 1 atom stereocenters. The van der Waals surface area contributed by atoms with E-state index in [4.69, 9.17) is 9.47 Å². The van der Waals surface area contributed by atoms with Gasteiger partial charge in [-0.2, -0.15) is 0 Å². The fraction of sp³-hybridized carbons (Fsp3) is 0.738. The van der Waals surface area contributed by atoms with Crippen molar-refractivity contribution in [2.75, 3.05) is 168 Å². The van der Waals surface area contributed by atoms with Crippen molar-refractivity contribution in [2.45, 2.75) is 131 Å². The van der Waals surface area contributed by atoms with E-state index in [1.807, 2.05) is 28.2 Å². The number of nitrogens with one attached hydrogen (secondary N) is 2. The molecule has 0 heterocycles. The number of carbonyl (C=O) groups excluding carboxylic acids is 6. The third-order valence-electron chi connectivity index (χ3n) is 12.9. The summed E-state index contributed by atoms with van der Waals surface area (Å²) in [7, 11) is 16.5. The molecule has 0 aliphatic carbocycles. The summed E-state index contributed by atoms with van der Waals surface area (Å²) in [5, 5.41) is 25.2. The van der Waals surface area contributed by atoms with Gasteiger partial charge >= 0.3 is 11.9 Å². The van der Waals surface area contributed by atoms with Crippen LogP contribution in [-0.4, -0.2) is 250 Å². The van der Waals surface area contributed by atoms with Gasteiger partial charge in [-0.25, -0.2) is 18.0 Å². The molecular formula is C61H120N7O13S+3. The maximum Gasteiger partial charge on any atom is 0.333 e. The van der Waals surface area contributed by atoms with Gasteiger partial charge in [0.1, 0.15) is 39.0 Å². The second-order valence-corrected chi connectivity index (χ2v) is 25.9. The number of ketones is 1. The fourth-order valence-electron chi connectivity index (χ4n) is 7.46. The molecule has 0 saturated heterocycles. The highest BCUT2D eigenvalue weighted by atomic mass is 32.2. The van der Waals surface area contributed by atoms with Gasteiger partial charge in [0.25, 0.3) is 0 Å². The Balaban J connectivity index is -0.000000303. The number of likely N-dealkylation sites (N-methyl/N-ethyl adjacent to an activating group) is 3. The minimum absolute atomic E-state index is 0.106. The lowest BCUT2D eigenvalue weighted by Crippen LogP contribution is -2.48. The van der Waals surface area contributed by atoms with Crippen LogP contribution in [0, 0.1) is 0 Å². The van der Waals surface area contributed by atoms with Crippen LogP contribution in [-0.2, 0) is 48.4 Å². The van der Waals surface area contributed by atoms with Crippen molar-refractivity contribution in [1.82, 2.24) is 10.6 Å². The van der Waals surface area contributed by atoms with Gasteiger partial charge in [0, 0.05) is 62.0 Å². The summed E-state index contributed by atoms with van der Waals surface area (Å²) >= 11 is 0. The molecule has 480 valence electrons. The lowest BCUT2D eigenvalue weighted by molar-refractivity contribution is -0.893. The van der Waals surface area contributed by atoms with Crippen LogP contribution in [0.2, 0.25) is 0 Å². The quantitative estimate of drug-likeness (QED) is 0.0238. The first-order valence-corrected chi connectivity index (χ1v) is 30.7. The fourth-order valence-corrected chi connectivity index (χ4v) is 8.03. The Morgan fingerprint density at radius 2 is 0.939 bits per heavy atom. The summed E-state index contributed by atoms with van der Waals surface area (Å²) in [6, 6.07) is 0. The number of hydrogen-bond donors (Lipinski definition) is 3. The van der Waals surface area contributed by atoms with Crippen LogP contribution in [0.15, 0.2) is 61.8 Å². The van der Waals surface area contributed by atoms with E-state index < -0.39 is 27.9 Å². The van der Waals surface area contributed by atoms with Crippen LogP contribution in [0.5, 0.6) is 0 Å². The van der Waals surface area contributed by atoms with E-state index in [0.29, 0.717) is 73.3 Å². The molecule has 0 bridgehead atoms. The van der Waals surface area contributed by atoms with Gasteiger partial charge in [0.2, 0.25) is 11.8 Å². The number of esters is 2. The van der Waals surface area contributed by atoms with Crippen LogP contribution in [0.25, 0.3) is 0 Å². The second kappa shape index (κ2) is 47.7. The van der Waals surface area contributed by atoms with Crippen molar-refractivity contribution in [2.24, 2.45) is 0 Å². The first-order chi connectivity index (χ1) is 37.6. The molecule has 0 spiro atoms. The second-order valence-electron chi connectivity index (χ2n) is 24.5. The third kappa shape index (κ3) is 63.0. The maximum absolute atomic E-state index is 11.3. The summed E-state index contributed by atoms with van der Waals surface area (Å²) < 4.78 is 45.6. The van der Waals surface area contributed by atoms with E-state index in [1.165, 1.54) is 63.8 Å². The van der Waals surface area contributed by atoms with Crippen molar-refractivity contribution < 1.29 is 83.8 Å². The largest absolute Gasteiger partial charge is 0.748 e. The molecular weight excluding hydrogens is 1070 g/mol. The molecule has 0 saturated carbocycles. The van der Waals surface area contributed by atoms with E-state index in [9.17, 15) is 52.0 Å². The summed E-state index contributed by atoms with van der Waals surface area (Å²) in [4.78, 5) is 65.6. The smallest absolute Gasteiger partial charge is 0.333 e. The predicted molar refractivity (Wildman–Crippen MR) is 330 cm³/mol. The van der Waals surface area contributed by atoms with Crippen LogP contribution < -0.4 is 15.7 Å². The maximum atomic E-state index is 11.3. The Bertz CT molecular complexity index is 2000. The molecule has 0 aromatic heterocycles. The number of carbonyl (C=O) groups is 6. The first kappa shape index (κ1) is 86.2. The van der Waals surface area contributed by atoms with E-state index in [-0.39, 0.29) is 42.5 Å². The van der Waals surface area contributed by atoms with Crippen LogP contribution in [0.1, 0.15) is 125 Å². The number of aliphatic hydroxyl groups excluding tert-OH is 1. The normalized spacial score (nSPS) is 11.8. The summed E-state index contributed by atoms with van der Waals surface area (Å²) in [5.41, 5.74) is 1.60. The third-order valence-corrected chi connectivity index (χ3v) is 13.7. The van der Waals surface area contributed by atoms with Gasteiger partial charge in [0.15, 0.2) is 5.78 Å². The highest BCUT2D eigenvalue weighted by Gasteiger charge is 2.22. The van der Waals surface area contributed by atoms with Gasteiger partial charge in [-0.05, 0) is 70.9 Å². The zero-order valence-corrected chi connectivity index (χ0v) is 55.4. The van der Waals surface area contributed by atoms with Crippen molar-refractivity contribution in [3.8, 4) is 0 Å². The number of quaternary nitrogens is 5. The monoisotopic (exact) mass is 1190 g/mol. The molecule has 1 unspecified atom stereocenters. The summed E-state index contributed by atoms with van der Waals surface area (Å²) in [6.07, 6.45) is 13.7. The van der Waals surface area contributed by atoms with Crippen molar-refractivity contribution in [3.63, 3.8) is 0 Å². The highest BCUT2D eigenvalue weighted by Crippen LogP contribution is 2.09. The Kier molecular flexibility index (Phi) is 50.1. The zero-order valence-electron chi connectivity index (χ0n) is 54.6. The van der Waals surface area contributed by atoms with Gasteiger partial charge in [-0.1, -0.05) is 72.9 Å². The molecule has 0 aromatic rings. The van der Waals surface area contributed by atoms with Gasteiger partial charge in [-0.15, -0.1) is 0 Å². The number of rotatable bonds is 41. The zero-order chi connectivity index (χ0) is 64.8. The summed E-state index contributed by atoms with van der Waals surface area (Å²) in [6.45, 7) is 40.0. The number of allylic oxidation sites excluding steroid dienone is 1. The van der Waals surface area contributed by atoms with E-state index >= 15 is 0 Å². The SMILES string of the molecule is C=C(C)C(=O)CCCC[N+](C)(C)CCCC.C=C(C)C(=O)NCCC[N+](C)(C)CC(O)CS(=O)(=O)[O-].C=C(C)C(=O)OCC[N+](C)(C)CCCC.C=CC(=O)NCCC[N+](C)(C)CCCC(=O)[O-].C=CC(=O)OCC[N+](C)(C)CCCC. The lowest BCUT2D eigenvalue weighted by Gasteiger charge is -2.32. The molecule has 20 nitrogen and oxygen atoms in total. The molecule has 0 rings (SSSR count). The molecule has 21 heteroatoms. The Morgan fingerprint density at radius 3 is 1.33 bits per heavy atom. The Hall–Kier alpha value is -4.61. The first-order valence-electron chi connectivity index (χ1n) is 29.2. The van der Waals surface area contributed by atoms with Gasteiger partial charge in [-0.3, -0.25) is 14.4 Å². The van der Waals surface area contributed by atoms with E-state index in [1.54, 1.807) is 20.8 Å². The number of aliphatic carboxylic acids is 1. The molecule has 0 aliphatic heterocycles. The minimum atomic E-state index is -4.42. The van der Waals surface area contributed by atoms with E-state index in [0.717, 1.165) is 76.5 Å². The molecule has 3 N–H and O–H groups in total. The van der Waals surface area contributed by atoms with Crippen LogP contribution in [0.4, 0.5) is 0 Å². The number of carboxylic acids is 1. The number of amides is 2. The van der Waals surface area contributed by atoms with Crippen molar-refractivity contribution >= 4 is 45.6 Å². The number of nitrogens with zero attached hydrogens (tertiary/aromatic N) is 5. The van der Waals surface area contributed by atoms with Crippen LogP contribution >= 0.6 is 0 Å². The van der Waals surface area contributed by atoms with Crippen molar-refractivity contribution in [1.29, 1.82) is 0 Å². The van der Waals surface area contributed by atoms with Crippen LogP contribution in [0.3, 0.4) is 0 Å². The highest BCUT2D eigenvalue weighted by molar-refractivity contribution is 7.85. The molecule has 2 amide bonds. The standard InChI is InChI=1S/C14H28NO.C12H24N2O5S.C12H22N2O3.C12H24NO2.C11H22NO2/c1-6-7-11-15(4,5)12-9-8-10-14(16)13(2)3;1-10(2)12(16)13-6-5-7-14(3,4)8-11(15)9-20(17,18)19;1-4-11(15)13-8-6-10-14(2,3)9-5-7-12(16)17;1-6-7-8-13(4,5)9-10-15-12(14)11(2)3;1-5-7-8-12(3,4)9-10-14-11(13)6-2/h2,6-12H2,1,3-5H3;11,15H,1,5-9H2,2-4H3,(H-,13,16,17,18,19);4H,1,5-10H2,2-3H3,(H-,13,15,16,17);2,6-10H2,1,3-5H3;6H,2,5,7-10H2,1,3-4H3/q+1;;;2*+1. The minimum Gasteiger partial charge on any atom is -0.748 e. The lowest BCUT2D eigenvalue weighted by atomic mass is 10.1. The molecule has 0 aromatic carbocycles. The van der Waals surface area contributed by atoms with Gasteiger partial charge < -0.3 is 62.1 Å².